The van der Waals surface area contributed by atoms with Crippen molar-refractivity contribution in [2.24, 2.45) is 26.8 Å². The summed E-state index contributed by atoms with van der Waals surface area (Å²) in [6.07, 6.45) is 26.5. The lowest BCUT2D eigenvalue weighted by Crippen LogP contribution is -2.35. The van der Waals surface area contributed by atoms with E-state index in [4.69, 9.17) is 15.8 Å². The summed E-state index contributed by atoms with van der Waals surface area (Å²) in [5.41, 5.74) is 13.7. The van der Waals surface area contributed by atoms with E-state index in [1.54, 1.807) is 12.5 Å². The molecule has 1 saturated heterocycles. The Bertz CT molecular complexity index is 1520. The van der Waals surface area contributed by atoms with Crippen molar-refractivity contribution in [3.63, 3.8) is 0 Å². The summed E-state index contributed by atoms with van der Waals surface area (Å²) in [6, 6.07) is 7.89. The van der Waals surface area contributed by atoms with Gasteiger partial charge in [0.05, 0.1) is 11.4 Å². The molecule has 10 heteroatoms. The third-order valence-corrected chi connectivity index (χ3v) is 7.79. The highest BCUT2D eigenvalue weighted by Crippen LogP contribution is 2.28. The smallest absolute Gasteiger partial charge is 0.167 e. The summed E-state index contributed by atoms with van der Waals surface area (Å²) in [4.78, 5) is 21.2. The fraction of sp³-hybridized carbons (Fsp3) is 0.359. The average molecular weight is 682 g/mol. The Balaban J connectivity index is 0.00000289. The topological polar surface area (TPSA) is 116 Å². The van der Waals surface area contributed by atoms with Crippen molar-refractivity contribution in [3.05, 3.63) is 107 Å². The number of terminal acetylenes is 1. The predicted octanol–water partition coefficient (Wildman–Crippen LogP) is 6.88. The second kappa shape index (κ2) is 24.6. The molecule has 0 unspecified atom stereocenters. The quantitative estimate of drug-likeness (QED) is 0.0349. The molecule has 4 N–H and O–H groups in total. The van der Waals surface area contributed by atoms with Gasteiger partial charge in [-0.05, 0) is 102 Å². The fourth-order valence-corrected chi connectivity index (χ4v) is 5.39. The second-order valence-corrected chi connectivity index (χ2v) is 11.0. The molecule has 0 spiro atoms. The number of nitrogens with one attached hydrogen (secondary N) is 2. The summed E-state index contributed by atoms with van der Waals surface area (Å²) < 4.78 is 0. The third-order valence-electron chi connectivity index (χ3n) is 7.79. The normalized spacial score (nSPS) is 15.1. The summed E-state index contributed by atoms with van der Waals surface area (Å²) in [5, 5.41) is 3.81. The van der Waals surface area contributed by atoms with Gasteiger partial charge < -0.3 is 5.43 Å². The van der Waals surface area contributed by atoms with Crippen LogP contribution in [0.5, 0.6) is 0 Å². The zero-order valence-electron chi connectivity index (χ0n) is 30.2. The minimum atomic E-state index is 0.530. The fourth-order valence-electron chi connectivity index (χ4n) is 5.39. The summed E-state index contributed by atoms with van der Waals surface area (Å²) in [7, 11) is 0. The Morgan fingerprint density at radius 3 is 2.39 bits per heavy atom. The standard InChI is InChI=1S/C36H49N9.C2H2.CH4S/c1-8-14-29(9-2)30-23-31(35(43-37)39-11-4)32(10-3)42-34(30)27(6)17-16-26(5)25-45-21-18-28(19-22-45)24-41-36(44-38-7)33-15-12-13-20-40-33;2*1-2/h8-9,11-17,20,23,28H,4,7,10,18-19,21-22,24-25,37H2,1-3,5-6H3,(H,39,43)(H,41,44);1-2H;2H,1H3/b14-8-,26-16+,27-17+,29-9+;;. The summed E-state index contributed by atoms with van der Waals surface area (Å²) in [5.74, 6) is 7.58. The zero-order chi connectivity index (χ0) is 36.6. The van der Waals surface area contributed by atoms with Crippen molar-refractivity contribution in [1.82, 2.24) is 25.7 Å². The van der Waals surface area contributed by atoms with Gasteiger partial charge in [-0.25, -0.2) is 10.8 Å². The molecule has 3 rings (SSSR count). The molecule has 0 aliphatic carbocycles. The minimum absolute atomic E-state index is 0.530. The van der Waals surface area contributed by atoms with Crippen LogP contribution in [0.25, 0.3) is 11.1 Å². The largest absolute Gasteiger partial charge is 0.308 e. The number of aliphatic imine (C=N–C) groups is 2. The Kier molecular flexibility index (Phi) is 21.3. The lowest BCUT2D eigenvalue weighted by Gasteiger charge is -2.31. The number of pyridine rings is 2. The highest BCUT2D eigenvalue weighted by molar-refractivity contribution is 7.79. The van der Waals surface area contributed by atoms with Crippen LogP contribution in [0.1, 0.15) is 75.7 Å². The Hall–Kier alpha value is -4.56. The van der Waals surface area contributed by atoms with Gasteiger partial charge >= 0.3 is 0 Å². The van der Waals surface area contributed by atoms with Crippen LogP contribution in [-0.4, -0.2) is 65.7 Å². The molecule has 262 valence electrons. The van der Waals surface area contributed by atoms with Gasteiger partial charge in [-0.1, -0.05) is 55.5 Å². The molecule has 3 heterocycles. The predicted molar refractivity (Wildman–Crippen MR) is 216 cm³/mol. The maximum atomic E-state index is 5.83. The van der Waals surface area contributed by atoms with E-state index in [9.17, 15) is 0 Å². The number of aryl methyl sites for hydroxylation is 1. The van der Waals surface area contributed by atoms with Crippen LogP contribution in [0.15, 0.2) is 94.3 Å². The molecule has 0 amide bonds. The molecule has 0 radical (unpaired) electrons. The molecular formula is C39H55N9S. The minimum Gasteiger partial charge on any atom is -0.308 e. The lowest BCUT2D eigenvalue weighted by molar-refractivity contribution is 0.201. The summed E-state index contributed by atoms with van der Waals surface area (Å²) in [6.45, 7) is 21.5. The Morgan fingerprint density at radius 2 is 1.84 bits per heavy atom. The molecule has 0 atom stereocenters. The molecule has 1 fully saturated rings. The van der Waals surface area contributed by atoms with Crippen LogP contribution >= 0.6 is 12.6 Å². The molecule has 0 aromatic carbocycles. The van der Waals surface area contributed by atoms with Crippen LogP contribution in [0.3, 0.4) is 0 Å². The third kappa shape index (κ3) is 13.5. The molecule has 49 heavy (non-hydrogen) atoms. The number of hydrogen-bond donors (Lipinski definition) is 4. The Morgan fingerprint density at radius 1 is 1.12 bits per heavy atom. The lowest BCUT2D eigenvalue weighted by atomic mass is 9.95. The Labute approximate surface area is 300 Å². The molecule has 0 saturated carbocycles. The van der Waals surface area contributed by atoms with Crippen LogP contribution in [-0.2, 0) is 6.42 Å². The van der Waals surface area contributed by atoms with E-state index in [0.29, 0.717) is 17.6 Å². The number of amidine groups is 2. The van der Waals surface area contributed by atoms with Crippen molar-refractivity contribution >= 4 is 42.2 Å². The van der Waals surface area contributed by atoms with Crippen molar-refractivity contribution < 1.29 is 0 Å². The van der Waals surface area contributed by atoms with Gasteiger partial charge in [0.2, 0.25) is 0 Å². The van der Waals surface area contributed by atoms with Crippen molar-refractivity contribution in [3.8, 4) is 12.8 Å². The van der Waals surface area contributed by atoms with Gasteiger partial charge in [0.25, 0.3) is 0 Å². The van der Waals surface area contributed by atoms with Crippen molar-refractivity contribution in [2.75, 3.05) is 32.4 Å². The van der Waals surface area contributed by atoms with Crippen LogP contribution in [0.2, 0.25) is 0 Å². The van der Waals surface area contributed by atoms with E-state index >= 15 is 0 Å². The number of allylic oxidation sites excluding steroid dienone is 7. The monoisotopic (exact) mass is 681 g/mol. The highest BCUT2D eigenvalue weighted by Gasteiger charge is 2.20. The van der Waals surface area contributed by atoms with Gasteiger partial charge in [0.1, 0.15) is 11.5 Å². The van der Waals surface area contributed by atoms with E-state index in [-0.39, 0.29) is 0 Å². The molecule has 2 aromatic heterocycles. The van der Waals surface area contributed by atoms with E-state index in [2.05, 4.69) is 121 Å². The second-order valence-electron chi connectivity index (χ2n) is 11.0. The number of likely N-dealkylation sites (tertiary alicyclic amines) is 1. The average Bonchev–Trinajstić information content (AvgIpc) is 3.15. The number of nitrogens with two attached hydrogens (primary N) is 1. The number of nitrogens with zero attached hydrogens (tertiary/aromatic N) is 6. The number of piperidine rings is 1. The molecule has 9 nitrogen and oxygen atoms in total. The zero-order valence-corrected chi connectivity index (χ0v) is 31.0. The first-order chi connectivity index (χ1) is 23.9. The van der Waals surface area contributed by atoms with E-state index in [1.807, 2.05) is 38.1 Å². The molecule has 1 aliphatic heterocycles. The number of hydrogen-bond acceptors (Lipinski definition) is 8. The highest BCUT2D eigenvalue weighted by atomic mass is 32.1. The van der Waals surface area contributed by atoms with Gasteiger partial charge in [-0.3, -0.25) is 25.3 Å². The number of thiol groups is 1. The maximum Gasteiger partial charge on any atom is 0.167 e. The first-order valence-electron chi connectivity index (χ1n) is 16.4. The van der Waals surface area contributed by atoms with Gasteiger partial charge in [-0.15, -0.1) is 12.8 Å². The van der Waals surface area contributed by atoms with Crippen LogP contribution < -0.4 is 16.7 Å². The van der Waals surface area contributed by atoms with Gasteiger partial charge in [-0.2, -0.15) is 17.7 Å². The maximum absolute atomic E-state index is 5.83. The van der Waals surface area contributed by atoms with Crippen LogP contribution in [0, 0.1) is 18.8 Å². The van der Waals surface area contributed by atoms with E-state index in [1.165, 1.54) is 11.8 Å². The van der Waals surface area contributed by atoms with Crippen molar-refractivity contribution in [1.29, 1.82) is 0 Å². The molecule has 0 bridgehead atoms. The van der Waals surface area contributed by atoms with Gasteiger partial charge in [0, 0.05) is 43.3 Å². The number of hydrazone groups is 1. The van der Waals surface area contributed by atoms with Crippen molar-refractivity contribution in [2.45, 2.75) is 53.9 Å². The number of rotatable bonds is 13. The molecular weight excluding hydrogens is 627 g/mol. The van der Waals surface area contributed by atoms with Gasteiger partial charge in [0.15, 0.2) is 5.84 Å². The number of aromatic nitrogens is 2. The number of hydrazine groups is 1. The SMILES string of the molecule is C#C.C=CN=C(NN)c1cc(C(/C=C\C)=C/C)c(/C(C)=C/C=C(\C)CN2CCC(CN=C(NN=C)c3ccccn3)CC2)nc1CC.CS. The first-order valence-corrected chi connectivity index (χ1v) is 17.3. The van der Waals surface area contributed by atoms with E-state index < -0.39 is 0 Å². The molecule has 2 aromatic rings. The first kappa shape index (κ1) is 42.5. The van der Waals surface area contributed by atoms with E-state index in [0.717, 1.165) is 84.8 Å². The summed E-state index contributed by atoms with van der Waals surface area (Å²) >= 11 is 3.53. The molecule has 1 aliphatic rings. The van der Waals surface area contributed by atoms with Crippen LogP contribution in [0.4, 0.5) is 0 Å².